The van der Waals surface area contributed by atoms with Crippen LogP contribution >= 0.6 is 0 Å². The summed E-state index contributed by atoms with van der Waals surface area (Å²) in [6, 6.07) is 11.3. The number of ether oxygens (including phenoxy) is 1. The molecule has 0 saturated heterocycles. The smallest absolute Gasteiger partial charge is 0.206 e. The molecule has 0 aliphatic carbocycles. The molecule has 0 amide bonds. The Kier molecular flexibility index (Phi) is 3.67. The van der Waals surface area contributed by atoms with Crippen molar-refractivity contribution in [2.24, 2.45) is 0 Å². The minimum atomic E-state index is -0.0618. The molecule has 4 nitrogen and oxygen atoms in total. The quantitative estimate of drug-likeness (QED) is 0.739. The van der Waals surface area contributed by atoms with Crippen LogP contribution < -0.4 is 0 Å². The number of para-hydroxylation sites is 1. The first kappa shape index (κ1) is 11.5. The molecule has 0 bridgehead atoms. The summed E-state index contributed by atoms with van der Waals surface area (Å²) < 4.78 is 6.75. The van der Waals surface area contributed by atoms with Crippen LogP contribution in [0.4, 0.5) is 0 Å². The Morgan fingerprint density at radius 1 is 1.29 bits per heavy atom. The van der Waals surface area contributed by atoms with Crippen molar-refractivity contribution in [3.8, 4) is 5.69 Å². The molecule has 17 heavy (non-hydrogen) atoms. The van der Waals surface area contributed by atoms with E-state index in [0.29, 0.717) is 12.3 Å². The second-order valence-electron chi connectivity index (χ2n) is 3.52. The highest BCUT2D eigenvalue weighted by atomic mass is 16.5. The number of aromatic nitrogens is 2. The average molecular weight is 230 g/mol. The summed E-state index contributed by atoms with van der Waals surface area (Å²) in [5.41, 5.74) is 1.42. The molecule has 88 valence electrons. The first-order valence-corrected chi connectivity index (χ1v) is 5.53. The number of hydrogen-bond acceptors (Lipinski definition) is 3. The van der Waals surface area contributed by atoms with E-state index in [1.165, 1.54) is 0 Å². The van der Waals surface area contributed by atoms with Crippen LogP contribution in [0.2, 0.25) is 0 Å². The van der Waals surface area contributed by atoms with Crippen LogP contribution in [0, 0.1) is 0 Å². The lowest BCUT2D eigenvalue weighted by molar-refractivity contribution is 0.0775. The third-order valence-electron chi connectivity index (χ3n) is 2.37. The highest BCUT2D eigenvalue weighted by molar-refractivity contribution is 5.96. The lowest BCUT2D eigenvalue weighted by Crippen LogP contribution is -2.14. The van der Waals surface area contributed by atoms with Gasteiger partial charge in [0.1, 0.15) is 12.3 Å². The molecule has 0 atom stereocenters. The highest BCUT2D eigenvalue weighted by Crippen LogP contribution is 2.10. The molecule has 0 spiro atoms. The maximum absolute atomic E-state index is 11.9. The lowest BCUT2D eigenvalue weighted by Gasteiger charge is -2.06. The Balaban J connectivity index is 2.26. The summed E-state index contributed by atoms with van der Waals surface area (Å²) in [6.07, 6.45) is 1.62. The van der Waals surface area contributed by atoms with E-state index in [9.17, 15) is 4.79 Å². The van der Waals surface area contributed by atoms with Crippen molar-refractivity contribution < 1.29 is 9.53 Å². The Morgan fingerprint density at radius 2 is 2.06 bits per heavy atom. The summed E-state index contributed by atoms with van der Waals surface area (Å²) in [4.78, 5) is 11.9. The molecule has 2 rings (SSSR count). The van der Waals surface area contributed by atoms with E-state index in [-0.39, 0.29) is 12.4 Å². The number of ketones is 1. The zero-order valence-corrected chi connectivity index (χ0v) is 9.67. The molecule has 4 heteroatoms. The maximum atomic E-state index is 11.9. The second kappa shape index (κ2) is 5.41. The molecule has 0 radical (unpaired) electrons. The fraction of sp³-hybridized carbons (Fsp3) is 0.231. The minimum Gasteiger partial charge on any atom is -0.374 e. The van der Waals surface area contributed by atoms with E-state index in [1.807, 2.05) is 37.3 Å². The van der Waals surface area contributed by atoms with Crippen LogP contribution in [0.3, 0.4) is 0 Å². The first-order chi connectivity index (χ1) is 8.33. The number of benzene rings is 1. The van der Waals surface area contributed by atoms with Gasteiger partial charge in [-0.1, -0.05) is 18.2 Å². The van der Waals surface area contributed by atoms with E-state index in [4.69, 9.17) is 4.74 Å². The zero-order valence-electron chi connectivity index (χ0n) is 9.67. The third kappa shape index (κ3) is 2.60. The Bertz CT molecular complexity index is 491. The van der Waals surface area contributed by atoms with Gasteiger partial charge in [0.15, 0.2) is 0 Å². The van der Waals surface area contributed by atoms with Gasteiger partial charge in [0, 0.05) is 6.61 Å². The van der Waals surface area contributed by atoms with Gasteiger partial charge in [0.2, 0.25) is 5.78 Å². The lowest BCUT2D eigenvalue weighted by atomic mass is 10.2. The largest absolute Gasteiger partial charge is 0.374 e. The number of carbonyl (C=O) groups is 1. The van der Waals surface area contributed by atoms with Crippen molar-refractivity contribution in [2.75, 3.05) is 13.2 Å². The van der Waals surface area contributed by atoms with Crippen molar-refractivity contribution in [3.63, 3.8) is 0 Å². The van der Waals surface area contributed by atoms with Gasteiger partial charge in [-0.25, -0.2) is 4.68 Å². The van der Waals surface area contributed by atoms with E-state index in [2.05, 4.69) is 5.10 Å². The van der Waals surface area contributed by atoms with Gasteiger partial charge in [0.05, 0.1) is 11.9 Å². The van der Waals surface area contributed by atoms with Crippen molar-refractivity contribution >= 4 is 5.78 Å². The van der Waals surface area contributed by atoms with Gasteiger partial charge in [-0.05, 0) is 25.1 Å². The molecule has 1 aromatic carbocycles. The van der Waals surface area contributed by atoms with Gasteiger partial charge in [-0.15, -0.1) is 0 Å². The predicted octanol–water partition coefficient (Wildman–Crippen LogP) is 2.09. The number of hydrogen-bond donors (Lipinski definition) is 0. The normalized spacial score (nSPS) is 10.4. The van der Waals surface area contributed by atoms with E-state index in [1.54, 1.807) is 16.9 Å². The Labute approximate surface area is 99.8 Å². The van der Waals surface area contributed by atoms with Gasteiger partial charge < -0.3 is 4.74 Å². The van der Waals surface area contributed by atoms with Crippen LogP contribution in [0.25, 0.3) is 5.69 Å². The number of rotatable bonds is 5. The highest BCUT2D eigenvalue weighted by Gasteiger charge is 2.12. The second-order valence-corrected chi connectivity index (χ2v) is 3.52. The SMILES string of the molecule is CCOCC(=O)c1ccnn1-c1ccccc1. The molecule has 0 fully saturated rings. The Hall–Kier alpha value is -1.94. The minimum absolute atomic E-state index is 0.0618. The van der Waals surface area contributed by atoms with Gasteiger partial charge in [-0.2, -0.15) is 5.10 Å². The van der Waals surface area contributed by atoms with Crippen LogP contribution in [-0.2, 0) is 4.74 Å². The maximum Gasteiger partial charge on any atom is 0.206 e. The summed E-state index contributed by atoms with van der Waals surface area (Å²) in [5, 5.41) is 4.16. The van der Waals surface area contributed by atoms with Crippen LogP contribution in [0.1, 0.15) is 17.4 Å². The van der Waals surface area contributed by atoms with Crippen molar-refractivity contribution in [2.45, 2.75) is 6.92 Å². The summed E-state index contributed by atoms with van der Waals surface area (Å²) >= 11 is 0. The predicted molar refractivity (Wildman–Crippen MR) is 64.4 cm³/mol. The molecule has 0 aliphatic heterocycles. The van der Waals surface area contributed by atoms with Crippen molar-refractivity contribution in [3.05, 3.63) is 48.3 Å². The summed E-state index contributed by atoms with van der Waals surface area (Å²) in [5.74, 6) is -0.0618. The zero-order chi connectivity index (χ0) is 12.1. The third-order valence-corrected chi connectivity index (χ3v) is 2.37. The molecule has 0 saturated carbocycles. The van der Waals surface area contributed by atoms with Crippen LogP contribution in [0.5, 0.6) is 0 Å². The standard InChI is InChI=1S/C13H14N2O2/c1-2-17-10-13(16)12-8-9-14-15(12)11-6-4-3-5-7-11/h3-9H,2,10H2,1H3. The average Bonchev–Trinajstić information content (AvgIpc) is 2.86. The van der Waals surface area contributed by atoms with Gasteiger partial charge in [0.25, 0.3) is 0 Å². The van der Waals surface area contributed by atoms with Crippen molar-refractivity contribution in [1.29, 1.82) is 0 Å². The number of carbonyl (C=O) groups excluding carboxylic acids is 1. The topological polar surface area (TPSA) is 44.1 Å². The fourth-order valence-corrected chi connectivity index (χ4v) is 1.56. The molecule has 0 unspecified atom stereocenters. The summed E-state index contributed by atoms with van der Waals surface area (Å²) in [6.45, 7) is 2.49. The molecule has 1 aromatic heterocycles. The molecule has 0 N–H and O–H groups in total. The Morgan fingerprint density at radius 3 is 2.76 bits per heavy atom. The van der Waals surface area contributed by atoms with Crippen LogP contribution in [-0.4, -0.2) is 28.8 Å². The fourth-order valence-electron chi connectivity index (χ4n) is 1.56. The molecule has 1 heterocycles. The van der Waals surface area contributed by atoms with Crippen LogP contribution in [0.15, 0.2) is 42.6 Å². The molecular formula is C13H14N2O2. The monoisotopic (exact) mass is 230 g/mol. The summed E-state index contributed by atoms with van der Waals surface area (Å²) in [7, 11) is 0. The van der Waals surface area contributed by atoms with Crippen molar-refractivity contribution in [1.82, 2.24) is 9.78 Å². The first-order valence-electron chi connectivity index (χ1n) is 5.53. The molecular weight excluding hydrogens is 216 g/mol. The van der Waals surface area contributed by atoms with Gasteiger partial charge >= 0.3 is 0 Å². The molecule has 2 aromatic rings. The number of Topliss-reactive ketones (excluding diaryl/α,β-unsaturated/α-hetero) is 1. The van der Waals surface area contributed by atoms with E-state index in [0.717, 1.165) is 5.69 Å². The van der Waals surface area contributed by atoms with E-state index < -0.39 is 0 Å². The molecule has 0 aliphatic rings. The van der Waals surface area contributed by atoms with E-state index >= 15 is 0 Å². The number of nitrogens with zero attached hydrogens (tertiary/aromatic N) is 2. The van der Waals surface area contributed by atoms with Gasteiger partial charge in [-0.3, -0.25) is 4.79 Å².